The summed E-state index contributed by atoms with van der Waals surface area (Å²) in [6.07, 6.45) is 0.599. The molecule has 12 unspecified atom stereocenters. The fourth-order valence-electron chi connectivity index (χ4n) is 6.57. The maximum atomic E-state index is 12.3. The predicted octanol–water partition coefficient (Wildman–Crippen LogP) is 2.66. The van der Waals surface area contributed by atoms with Crippen LogP contribution in [-0.2, 0) is 23.7 Å². The van der Waals surface area contributed by atoms with E-state index in [-0.39, 0.29) is 36.9 Å². The second kappa shape index (κ2) is 15.2. The second-order valence-corrected chi connectivity index (χ2v) is 13.7. The number of carbonyl (C=O) groups excluding carboxylic acids is 1. The van der Waals surface area contributed by atoms with Crippen molar-refractivity contribution in [3.05, 3.63) is 0 Å². The number of esters is 1. The number of hydrogen-bond donors (Lipinski definition) is 3. The summed E-state index contributed by atoms with van der Waals surface area (Å²) in [5, 5.41) is 31.8. The highest BCUT2D eigenvalue weighted by Crippen LogP contribution is 2.40. The van der Waals surface area contributed by atoms with Gasteiger partial charge in [0.2, 0.25) is 0 Å². The molecule has 2 heterocycles. The van der Waals surface area contributed by atoms with E-state index >= 15 is 0 Å². The molecule has 0 aromatic heterocycles. The lowest BCUT2D eigenvalue weighted by atomic mass is 9.84. The lowest BCUT2D eigenvalue weighted by molar-refractivity contribution is -0.244. The number of ether oxygens (including phenoxy) is 4. The molecule has 0 aromatic carbocycles. The zero-order chi connectivity index (χ0) is 31.3. The Morgan fingerprint density at radius 2 is 1.80 bits per heavy atom. The van der Waals surface area contributed by atoms with Gasteiger partial charge in [0.15, 0.2) is 6.29 Å². The van der Waals surface area contributed by atoms with E-state index in [4.69, 9.17) is 18.9 Å². The molecule has 2 fully saturated rings. The summed E-state index contributed by atoms with van der Waals surface area (Å²) < 4.78 is 24.7. The van der Waals surface area contributed by atoms with Gasteiger partial charge in [0.1, 0.15) is 17.8 Å². The molecule has 0 radical (unpaired) electrons. The Labute approximate surface area is 248 Å². The van der Waals surface area contributed by atoms with Gasteiger partial charge in [0, 0.05) is 31.0 Å². The first-order chi connectivity index (χ1) is 19.0. The fraction of sp³-hybridized carbons (Fsp3) is 0.968. The Morgan fingerprint density at radius 1 is 1.17 bits per heavy atom. The minimum atomic E-state index is -1.67. The van der Waals surface area contributed by atoms with E-state index in [1.165, 1.54) is 6.92 Å². The van der Waals surface area contributed by atoms with Crippen LogP contribution in [0.5, 0.6) is 0 Å². The molecule has 2 aliphatic heterocycles. The van der Waals surface area contributed by atoms with E-state index in [0.717, 1.165) is 19.3 Å². The van der Waals surface area contributed by atoms with Crippen molar-refractivity contribution < 1.29 is 39.1 Å². The van der Waals surface area contributed by atoms with Gasteiger partial charge in [-0.05, 0) is 80.9 Å². The van der Waals surface area contributed by atoms with E-state index < -0.39 is 41.3 Å². The second-order valence-electron chi connectivity index (χ2n) is 13.7. The van der Waals surface area contributed by atoms with Crippen molar-refractivity contribution >= 4 is 5.97 Å². The summed E-state index contributed by atoms with van der Waals surface area (Å²) in [5.74, 6) is -0.855. The van der Waals surface area contributed by atoms with Gasteiger partial charge in [0.25, 0.3) is 0 Å². The fourth-order valence-corrected chi connectivity index (χ4v) is 6.57. The highest BCUT2D eigenvalue weighted by Gasteiger charge is 2.49. The van der Waals surface area contributed by atoms with Crippen LogP contribution >= 0.6 is 0 Å². The molecule has 0 aliphatic carbocycles. The van der Waals surface area contributed by atoms with Crippen LogP contribution in [0.25, 0.3) is 0 Å². The molecule has 10 nitrogen and oxygen atoms in total. The third kappa shape index (κ3) is 9.32. The Bertz CT molecular complexity index is 813. The van der Waals surface area contributed by atoms with Crippen LogP contribution in [0.15, 0.2) is 0 Å². The van der Waals surface area contributed by atoms with Crippen molar-refractivity contribution in [1.29, 1.82) is 0 Å². The van der Waals surface area contributed by atoms with Gasteiger partial charge in [-0.2, -0.15) is 0 Å². The van der Waals surface area contributed by atoms with Crippen LogP contribution in [0.4, 0.5) is 0 Å². The number of aliphatic hydroxyl groups excluding tert-OH is 2. The zero-order valence-electron chi connectivity index (χ0n) is 27.5. The van der Waals surface area contributed by atoms with Crippen LogP contribution < -0.4 is 0 Å². The van der Waals surface area contributed by atoms with Gasteiger partial charge in [0.05, 0.1) is 36.9 Å². The van der Waals surface area contributed by atoms with Gasteiger partial charge in [-0.15, -0.1) is 0 Å². The maximum Gasteiger partial charge on any atom is 0.311 e. The SMILES string of the molecule is CCC(OC(=O)C(C)CO)C(C)(O)C(O)C(C)N(C)CC(C)CC1(C)OCC(C)C1OC1CC(N(C)C)CC(C)O1. The molecule has 2 rings (SSSR count). The summed E-state index contributed by atoms with van der Waals surface area (Å²) in [6, 6.07) is -0.00179. The van der Waals surface area contributed by atoms with E-state index in [0.29, 0.717) is 25.6 Å². The van der Waals surface area contributed by atoms with Crippen molar-refractivity contribution in [3.63, 3.8) is 0 Å². The largest absolute Gasteiger partial charge is 0.459 e. The molecule has 41 heavy (non-hydrogen) atoms. The van der Waals surface area contributed by atoms with Crippen LogP contribution in [0.3, 0.4) is 0 Å². The Hall–Kier alpha value is -0.850. The number of nitrogens with zero attached hydrogens (tertiary/aromatic N) is 2. The van der Waals surface area contributed by atoms with Crippen LogP contribution in [-0.4, -0.2) is 126 Å². The topological polar surface area (TPSA) is 121 Å². The minimum Gasteiger partial charge on any atom is -0.459 e. The lowest BCUT2D eigenvalue weighted by Crippen LogP contribution is -2.59. The molecule has 0 spiro atoms. The molecule has 10 heteroatoms. The van der Waals surface area contributed by atoms with E-state index in [1.54, 1.807) is 13.8 Å². The van der Waals surface area contributed by atoms with Gasteiger partial charge in [-0.3, -0.25) is 4.79 Å². The molecule has 3 N–H and O–H groups in total. The van der Waals surface area contributed by atoms with Gasteiger partial charge in [-0.25, -0.2) is 0 Å². The number of carbonyl (C=O) groups is 1. The standard InChI is InChI=1S/C31H60N2O8/c1-12-25(40-29(36)20(3)17-34)31(8,37)27(35)23(6)33(11)16-19(2)15-30(7)28(21(4)18-38-30)41-26-14-24(32(9)10)13-22(5)39-26/h19-28,34-35,37H,12-18H2,1-11H3. The number of hydrogen-bond acceptors (Lipinski definition) is 10. The first-order valence-corrected chi connectivity index (χ1v) is 15.5. The van der Waals surface area contributed by atoms with Gasteiger partial charge >= 0.3 is 5.97 Å². The van der Waals surface area contributed by atoms with Crippen molar-refractivity contribution in [3.8, 4) is 0 Å². The number of likely N-dealkylation sites (N-methyl/N-ethyl adjacent to an activating group) is 1. The van der Waals surface area contributed by atoms with Crippen LogP contribution in [0, 0.1) is 17.8 Å². The monoisotopic (exact) mass is 588 g/mol. The third-order valence-electron chi connectivity index (χ3n) is 9.34. The molecule has 12 atom stereocenters. The molecule has 0 bridgehead atoms. The maximum absolute atomic E-state index is 12.3. The lowest BCUT2D eigenvalue weighted by Gasteiger charge is -2.43. The first-order valence-electron chi connectivity index (χ1n) is 15.5. The molecular formula is C31H60N2O8. The average molecular weight is 589 g/mol. The zero-order valence-corrected chi connectivity index (χ0v) is 27.5. The van der Waals surface area contributed by atoms with Crippen molar-refractivity contribution in [2.75, 3.05) is 40.9 Å². The average Bonchev–Trinajstić information content (AvgIpc) is 3.17. The highest BCUT2D eigenvalue weighted by atomic mass is 16.7. The number of rotatable bonds is 15. The summed E-state index contributed by atoms with van der Waals surface area (Å²) in [7, 11) is 6.13. The van der Waals surface area contributed by atoms with Gasteiger partial charge < -0.3 is 44.1 Å². The van der Waals surface area contributed by atoms with E-state index in [2.05, 4.69) is 46.7 Å². The summed E-state index contributed by atoms with van der Waals surface area (Å²) >= 11 is 0. The first kappa shape index (κ1) is 36.3. The molecule has 0 aromatic rings. The quantitative estimate of drug-likeness (QED) is 0.246. The normalized spacial score (nSPS) is 34.2. The van der Waals surface area contributed by atoms with E-state index in [1.807, 2.05) is 18.9 Å². The number of aliphatic hydroxyl groups is 3. The Kier molecular flexibility index (Phi) is 13.5. The molecule has 2 saturated heterocycles. The molecule has 242 valence electrons. The smallest absolute Gasteiger partial charge is 0.311 e. The summed E-state index contributed by atoms with van der Waals surface area (Å²) in [6.45, 7) is 16.2. The van der Waals surface area contributed by atoms with Crippen LogP contribution in [0.1, 0.15) is 81.1 Å². The molecule has 0 amide bonds. The summed E-state index contributed by atoms with van der Waals surface area (Å²) in [5.41, 5.74) is -2.15. The van der Waals surface area contributed by atoms with Crippen LogP contribution in [0.2, 0.25) is 0 Å². The molecular weight excluding hydrogens is 528 g/mol. The summed E-state index contributed by atoms with van der Waals surface area (Å²) in [4.78, 5) is 16.6. The minimum absolute atomic E-state index is 0.0987. The molecule has 0 saturated carbocycles. The highest BCUT2D eigenvalue weighted by molar-refractivity contribution is 5.72. The van der Waals surface area contributed by atoms with Crippen molar-refractivity contribution in [1.82, 2.24) is 9.80 Å². The van der Waals surface area contributed by atoms with Crippen molar-refractivity contribution in [2.24, 2.45) is 17.8 Å². The van der Waals surface area contributed by atoms with Gasteiger partial charge in [-0.1, -0.05) is 20.8 Å². The van der Waals surface area contributed by atoms with Crippen molar-refractivity contribution in [2.45, 2.75) is 135 Å². The third-order valence-corrected chi connectivity index (χ3v) is 9.34. The van der Waals surface area contributed by atoms with E-state index in [9.17, 15) is 20.1 Å². The Morgan fingerprint density at radius 3 is 2.37 bits per heavy atom. The predicted molar refractivity (Wildman–Crippen MR) is 158 cm³/mol. The molecule has 2 aliphatic rings. The Balaban J connectivity index is 2.02.